The van der Waals surface area contributed by atoms with E-state index in [9.17, 15) is 0 Å². The molecule has 21 heavy (non-hydrogen) atoms. The van der Waals surface area contributed by atoms with Gasteiger partial charge in [0.05, 0.1) is 0 Å². The zero-order valence-electron chi connectivity index (χ0n) is 13.9. The van der Waals surface area contributed by atoms with Crippen molar-refractivity contribution in [3.05, 3.63) is 11.6 Å². The summed E-state index contributed by atoms with van der Waals surface area (Å²) in [4.78, 5) is 4.69. The Morgan fingerprint density at radius 1 is 1.29 bits per heavy atom. The number of rotatable bonds is 3. The van der Waals surface area contributed by atoms with E-state index in [-0.39, 0.29) is 5.54 Å². The summed E-state index contributed by atoms with van der Waals surface area (Å²) < 4.78 is 1.98. The molecule has 0 aromatic carbocycles. The van der Waals surface area contributed by atoms with Crippen LogP contribution in [0.5, 0.6) is 0 Å². The number of hydrogen-bond donors (Lipinski definition) is 2. The lowest BCUT2D eigenvalue weighted by Gasteiger charge is -2.26. The Morgan fingerprint density at radius 3 is 2.48 bits per heavy atom. The Bertz CT molecular complexity index is 491. The number of aromatic nitrogens is 3. The molecule has 1 aliphatic carbocycles. The maximum absolute atomic E-state index is 4.69. The number of nitrogens with one attached hydrogen (secondary N) is 2. The molecular weight excluding hydrogens is 264 g/mol. The quantitative estimate of drug-likeness (QED) is 0.659. The van der Waals surface area contributed by atoms with Crippen molar-refractivity contribution < 1.29 is 0 Å². The zero-order valence-corrected chi connectivity index (χ0v) is 13.9. The van der Waals surface area contributed by atoms with E-state index in [1.807, 2.05) is 18.5 Å². The summed E-state index contributed by atoms with van der Waals surface area (Å²) >= 11 is 0. The van der Waals surface area contributed by atoms with Crippen LogP contribution in [0.3, 0.4) is 0 Å². The Balaban J connectivity index is 2.05. The third-order valence-electron chi connectivity index (χ3n) is 3.75. The van der Waals surface area contributed by atoms with Crippen molar-refractivity contribution in [2.24, 2.45) is 12.0 Å². The molecule has 0 aliphatic heterocycles. The Morgan fingerprint density at radius 2 is 1.95 bits per heavy atom. The SMILES string of the molecule is Cc1nnc(CN=C(NC2CCCC2)NC(C)(C)C)n1C. The van der Waals surface area contributed by atoms with E-state index in [4.69, 9.17) is 0 Å². The molecule has 2 rings (SSSR count). The van der Waals surface area contributed by atoms with Crippen molar-refractivity contribution in [2.45, 2.75) is 71.5 Å². The molecule has 0 bridgehead atoms. The van der Waals surface area contributed by atoms with Gasteiger partial charge in [0.25, 0.3) is 0 Å². The molecule has 1 saturated carbocycles. The van der Waals surface area contributed by atoms with E-state index in [0.717, 1.165) is 17.6 Å². The third-order valence-corrected chi connectivity index (χ3v) is 3.75. The van der Waals surface area contributed by atoms with E-state index < -0.39 is 0 Å². The molecule has 0 saturated heterocycles. The van der Waals surface area contributed by atoms with Gasteiger partial charge in [-0.05, 0) is 40.5 Å². The first-order valence-corrected chi connectivity index (χ1v) is 7.79. The normalized spacial score (nSPS) is 17.3. The molecule has 118 valence electrons. The fraction of sp³-hybridized carbons (Fsp3) is 0.800. The predicted octanol–water partition coefficient (Wildman–Crippen LogP) is 1.90. The second kappa shape index (κ2) is 6.45. The highest BCUT2D eigenvalue weighted by molar-refractivity contribution is 5.80. The van der Waals surface area contributed by atoms with E-state index >= 15 is 0 Å². The molecule has 0 spiro atoms. The first-order valence-electron chi connectivity index (χ1n) is 7.79. The molecule has 1 aromatic heterocycles. The molecule has 0 radical (unpaired) electrons. The summed E-state index contributed by atoms with van der Waals surface area (Å²) in [7, 11) is 1.97. The highest BCUT2D eigenvalue weighted by Crippen LogP contribution is 2.17. The van der Waals surface area contributed by atoms with E-state index in [1.165, 1.54) is 25.7 Å². The van der Waals surface area contributed by atoms with Crippen molar-refractivity contribution in [3.8, 4) is 0 Å². The molecule has 2 N–H and O–H groups in total. The average Bonchev–Trinajstić information content (AvgIpc) is 2.98. The van der Waals surface area contributed by atoms with Crippen LogP contribution in [0.15, 0.2) is 4.99 Å². The summed E-state index contributed by atoms with van der Waals surface area (Å²) in [6, 6.07) is 0.542. The Labute approximate surface area is 127 Å². The van der Waals surface area contributed by atoms with Crippen LogP contribution >= 0.6 is 0 Å². The van der Waals surface area contributed by atoms with Crippen LogP contribution in [0.2, 0.25) is 0 Å². The highest BCUT2D eigenvalue weighted by atomic mass is 15.3. The Hall–Kier alpha value is -1.59. The van der Waals surface area contributed by atoms with Gasteiger partial charge in [0.1, 0.15) is 12.4 Å². The van der Waals surface area contributed by atoms with Gasteiger partial charge in [0, 0.05) is 18.6 Å². The fourth-order valence-corrected chi connectivity index (χ4v) is 2.48. The molecular formula is C15H28N6. The lowest BCUT2D eigenvalue weighted by atomic mass is 10.1. The molecule has 1 heterocycles. The second-order valence-electron chi connectivity index (χ2n) is 6.89. The van der Waals surface area contributed by atoms with Gasteiger partial charge in [-0.2, -0.15) is 0 Å². The first-order chi connectivity index (χ1) is 9.85. The summed E-state index contributed by atoms with van der Waals surface area (Å²) in [5, 5.41) is 15.3. The minimum atomic E-state index is -0.0136. The van der Waals surface area contributed by atoms with Crippen LogP contribution in [-0.4, -0.2) is 32.3 Å². The maximum atomic E-state index is 4.69. The summed E-state index contributed by atoms with van der Waals surface area (Å²) in [5.74, 6) is 2.67. The largest absolute Gasteiger partial charge is 0.354 e. The van der Waals surface area contributed by atoms with E-state index in [1.54, 1.807) is 0 Å². The van der Waals surface area contributed by atoms with Gasteiger partial charge in [-0.25, -0.2) is 4.99 Å². The van der Waals surface area contributed by atoms with Gasteiger partial charge >= 0.3 is 0 Å². The molecule has 0 unspecified atom stereocenters. The standard InChI is InChI=1S/C15H28N6/c1-11-19-20-13(21(11)5)10-16-14(18-15(2,3)4)17-12-8-6-7-9-12/h12H,6-10H2,1-5H3,(H2,16,17,18). The predicted molar refractivity (Wildman–Crippen MR) is 85.2 cm³/mol. The molecule has 1 aromatic rings. The molecule has 6 nitrogen and oxygen atoms in total. The minimum Gasteiger partial charge on any atom is -0.354 e. The average molecular weight is 292 g/mol. The summed E-state index contributed by atoms with van der Waals surface area (Å²) in [6.45, 7) is 8.92. The van der Waals surface area contributed by atoms with E-state index in [2.05, 4.69) is 46.6 Å². The fourth-order valence-electron chi connectivity index (χ4n) is 2.48. The number of aryl methyl sites for hydroxylation is 1. The lowest BCUT2D eigenvalue weighted by Crippen LogP contribution is -2.50. The van der Waals surface area contributed by atoms with Crippen LogP contribution in [0, 0.1) is 6.92 Å². The highest BCUT2D eigenvalue weighted by Gasteiger charge is 2.19. The zero-order chi connectivity index (χ0) is 15.5. The van der Waals surface area contributed by atoms with Gasteiger partial charge in [0.2, 0.25) is 0 Å². The summed E-state index contributed by atoms with van der Waals surface area (Å²) in [5.41, 5.74) is -0.0136. The first kappa shape index (κ1) is 15.8. The van der Waals surface area contributed by atoms with Crippen LogP contribution in [0.4, 0.5) is 0 Å². The number of hydrogen-bond acceptors (Lipinski definition) is 3. The van der Waals surface area contributed by atoms with Crippen LogP contribution in [0.1, 0.15) is 58.1 Å². The maximum Gasteiger partial charge on any atom is 0.192 e. The van der Waals surface area contributed by atoms with Crippen LogP contribution in [0.25, 0.3) is 0 Å². The molecule has 0 amide bonds. The lowest BCUT2D eigenvalue weighted by molar-refractivity contribution is 0.489. The number of nitrogens with zero attached hydrogens (tertiary/aromatic N) is 4. The molecule has 0 atom stereocenters. The molecule has 1 fully saturated rings. The van der Waals surface area contributed by atoms with E-state index in [0.29, 0.717) is 12.6 Å². The minimum absolute atomic E-state index is 0.0136. The number of guanidine groups is 1. The van der Waals surface area contributed by atoms with Gasteiger partial charge in [-0.1, -0.05) is 12.8 Å². The third kappa shape index (κ3) is 4.72. The van der Waals surface area contributed by atoms with Gasteiger partial charge in [-0.3, -0.25) is 0 Å². The topological polar surface area (TPSA) is 67.1 Å². The van der Waals surface area contributed by atoms with Crippen molar-refractivity contribution in [1.29, 1.82) is 0 Å². The van der Waals surface area contributed by atoms with Gasteiger partial charge in [0.15, 0.2) is 11.8 Å². The van der Waals surface area contributed by atoms with Crippen molar-refractivity contribution in [2.75, 3.05) is 0 Å². The Kier molecular flexibility index (Phi) is 4.85. The van der Waals surface area contributed by atoms with Gasteiger partial charge < -0.3 is 15.2 Å². The summed E-state index contributed by atoms with van der Waals surface area (Å²) in [6.07, 6.45) is 5.08. The number of aliphatic imine (C=N–C) groups is 1. The smallest absolute Gasteiger partial charge is 0.192 e. The monoisotopic (exact) mass is 292 g/mol. The molecule has 1 aliphatic rings. The van der Waals surface area contributed by atoms with Crippen molar-refractivity contribution in [1.82, 2.24) is 25.4 Å². The van der Waals surface area contributed by atoms with Crippen LogP contribution in [-0.2, 0) is 13.6 Å². The molecule has 6 heteroatoms. The van der Waals surface area contributed by atoms with Crippen molar-refractivity contribution in [3.63, 3.8) is 0 Å². The van der Waals surface area contributed by atoms with Gasteiger partial charge in [-0.15, -0.1) is 10.2 Å². The van der Waals surface area contributed by atoms with Crippen molar-refractivity contribution >= 4 is 5.96 Å². The second-order valence-corrected chi connectivity index (χ2v) is 6.89. The van der Waals surface area contributed by atoms with Crippen LogP contribution < -0.4 is 10.6 Å².